The molecule has 4 heteroatoms. The second-order valence-electron chi connectivity index (χ2n) is 10.8. The number of nitrogens with zero attached hydrogens (tertiary/aromatic N) is 1. The molecule has 3 aromatic rings. The summed E-state index contributed by atoms with van der Waals surface area (Å²) in [5.41, 5.74) is 5.37. The summed E-state index contributed by atoms with van der Waals surface area (Å²) in [5.74, 6) is 1.04. The molecule has 1 unspecified atom stereocenters. The van der Waals surface area contributed by atoms with Crippen LogP contribution in [0.25, 0.3) is 0 Å². The van der Waals surface area contributed by atoms with E-state index in [9.17, 15) is 9.59 Å². The Morgan fingerprint density at radius 1 is 0.941 bits per heavy atom. The average Bonchev–Trinajstić information content (AvgIpc) is 3.38. The van der Waals surface area contributed by atoms with Crippen LogP contribution in [0, 0.1) is 23.7 Å². The lowest BCUT2D eigenvalue weighted by molar-refractivity contribution is -0.123. The number of amides is 2. The van der Waals surface area contributed by atoms with Gasteiger partial charge < -0.3 is 4.98 Å². The third-order valence-electron chi connectivity index (χ3n) is 8.59. The van der Waals surface area contributed by atoms with Gasteiger partial charge in [-0.2, -0.15) is 0 Å². The summed E-state index contributed by atoms with van der Waals surface area (Å²) in [7, 11) is 0. The predicted octanol–water partition coefficient (Wildman–Crippen LogP) is 6.05. The van der Waals surface area contributed by atoms with Crippen LogP contribution in [0.3, 0.4) is 0 Å². The Morgan fingerprint density at radius 2 is 1.65 bits per heavy atom. The molecule has 0 bridgehead atoms. The van der Waals surface area contributed by atoms with E-state index < -0.39 is 0 Å². The van der Waals surface area contributed by atoms with Gasteiger partial charge in [-0.15, -0.1) is 0 Å². The third kappa shape index (κ3) is 3.34. The van der Waals surface area contributed by atoms with Crippen LogP contribution in [0.2, 0.25) is 0 Å². The van der Waals surface area contributed by atoms with Gasteiger partial charge in [0.15, 0.2) is 0 Å². The fraction of sp³-hybridized carbons (Fsp3) is 0.400. The SMILES string of the molecule is CC(C)C1CC[C@@H]2c3[nH]c(Cc4ccccc4)cc3[C@H]3C(=O)N(c4ccccc4)C(=O)[C@H]3[C@H]2C1. The van der Waals surface area contributed by atoms with Crippen LogP contribution in [-0.4, -0.2) is 16.8 Å². The van der Waals surface area contributed by atoms with Gasteiger partial charge in [0.25, 0.3) is 0 Å². The maximum Gasteiger partial charge on any atom is 0.242 e. The molecular formula is C30H32N2O2. The molecule has 2 aliphatic carbocycles. The van der Waals surface area contributed by atoms with Gasteiger partial charge >= 0.3 is 0 Å². The van der Waals surface area contributed by atoms with Crippen LogP contribution in [0.4, 0.5) is 5.69 Å². The number of carbonyl (C=O) groups is 2. The summed E-state index contributed by atoms with van der Waals surface area (Å²) in [6.45, 7) is 4.59. The number of H-pyrrole nitrogens is 1. The number of aromatic amines is 1. The minimum absolute atomic E-state index is 0.00272. The molecular weight excluding hydrogens is 420 g/mol. The molecule has 1 aliphatic heterocycles. The summed E-state index contributed by atoms with van der Waals surface area (Å²) in [4.78, 5) is 33.0. The van der Waals surface area contributed by atoms with Gasteiger partial charge in [0.1, 0.15) is 0 Å². The van der Waals surface area contributed by atoms with E-state index >= 15 is 0 Å². The Hall–Kier alpha value is -3.14. The summed E-state index contributed by atoms with van der Waals surface area (Å²) >= 11 is 0. The van der Waals surface area contributed by atoms with E-state index in [-0.39, 0.29) is 29.6 Å². The molecule has 34 heavy (non-hydrogen) atoms. The van der Waals surface area contributed by atoms with E-state index in [0.717, 1.165) is 30.5 Å². The Bertz CT molecular complexity index is 1210. The molecule has 5 atom stereocenters. The summed E-state index contributed by atoms with van der Waals surface area (Å²) in [5, 5.41) is 0. The molecule has 1 saturated carbocycles. The maximum absolute atomic E-state index is 13.9. The smallest absolute Gasteiger partial charge is 0.242 e. The van der Waals surface area contributed by atoms with Crippen LogP contribution in [0.1, 0.15) is 67.5 Å². The molecule has 1 saturated heterocycles. The van der Waals surface area contributed by atoms with Crippen molar-refractivity contribution in [3.8, 4) is 0 Å². The zero-order valence-corrected chi connectivity index (χ0v) is 19.9. The molecule has 4 nitrogen and oxygen atoms in total. The van der Waals surface area contributed by atoms with Crippen LogP contribution >= 0.6 is 0 Å². The number of anilines is 1. The Labute approximate surface area is 201 Å². The number of imide groups is 1. The average molecular weight is 453 g/mol. The van der Waals surface area contributed by atoms with E-state index in [4.69, 9.17) is 0 Å². The zero-order valence-electron chi connectivity index (χ0n) is 19.9. The monoisotopic (exact) mass is 452 g/mol. The zero-order chi connectivity index (χ0) is 23.4. The van der Waals surface area contributed by atoms with Crippen molar-refractivity contribution < 1.29 is 9.59 Å². The van der Waals surface area contributed by atoms with E-state index in [0.29, 0.717) is 23.4 Å². The van der Waals surface area contributed by atoms with Crippen molar-refractivity contribution >= 4 is 17.5 Å². The van der Waals surface area contributed by atoms with Gasteiger partial charge in [0.05, 0.1) is 17.5 Å². The Morgan fingerprint density at radius 3 is 2.35 bits per heavy atom. The molecule has 2 aromatic carbocycles. The maximum atomic E-state index is 13.9. The van der Waals surface area contributed by atoms with Crippen molar-refractivity contribution in [1.82, 2.24) is 4.98 Å². The van der Waals surface area contributed by atoms with Crippen LogP contribution in [0.5, 0.6) is 0 Å². The number of benzene rings is 2. The van der Waals surface area contributed by atoms with E-state index in [2.05, 4.69) is 49.2 Å². The second-order valence-corrected chi connectivity index (χ2v) is 10.8. The van der Waals surface area contributed by atoms with Gasteiger partial charge in [-0.25, -0.2) is 4.90 Å². The first-order chi connectivity index (χ1) is 16.5. The lowest BCUT2D eigenvalue weighted by Gasteiger charge is -2.44. The Kier molecular flexibility index (Phi) is 5.20. The normalized spacial score (nSPS) is 28.1. The minimum Gasteiger partial charge on any atom is -0.361 e. The molecule has 6 rings (SSSR count). The molecule has 3 aliphatic rings. The fourth-order valence-corrected chi connectivity index (χ4v) is 6.90. The highest BCUT2D eigenvalue weighted by Crippen LogP contribution is 2.57. The fourth-order valence-electron chi connectivity index (χ4n) is 6.90. The van der Waals surface area contributed by atoms with Crippen molar-refractivity contribution in [3.05, 3.63) is 89.2 Å². The van der Waals surface area contributed by atoms with Gasteiger partial charge in [-0.05, 0) is 66.3 Å². The lowest BCUT2D eigenvalue weighted by atomic mass is 9.58. The van der Waals surface area contributed by atoms with Crippen molar-refractivity contribution in [1.29, 1.82) is 0 Å². The minimum atomic E-state index is -0.379. The quantitative estimate of drug-likeness (QED) is 0.490. The number of para-hydroxylation sites is 1. The van der Waals surface area contributed by atoms with Crippen LogP contribution < -0.4 is 4.90 Å². The number of hydrogen-bond acceptors (Lipinski definition) is 2. The highest BCUT2D eigenvalue weighted by molar-refractivity contribution is 6.24. The van der Waals surface area contributed by atoms with E-state index in [1.807, 2.05) is 36.4 Å². The highest BCUT2D eigenvalue weighted by Gasteiger charge is 2.58. The number of carbonyl (C=O) groups excluding carboxylic acids is 2. The molecule has 1 aromatic heterocycles. The summed E-state index contributed by atoms with van der Waals surface area (Å²) in [6.07, 6.45) is 4.11. The largest absolute Gasteiger partial charge is 0.361 e. The predicted molar refractivity (Wildman–Crippen MR) is 134 cm³/mol. The van der Waals surface area contributed by atoms with Crippen LogP contribution in [0.15, 0.2) is 66.7 Å². The van der Waals surface area contributed by atoms with Crippen molar-refractivity contribution in [3.63, 3.8) is 0 Å². The molecule has 0 spiro atoms. The van der Waals surface area contributed by atoms with Crippen molar-refractivity contribution in [2.75, 3.05) is 4.90 Å². The first-order valence-corrected chi connectivity index (χ1v) is 12.7. The topological polar surface area (TPSA) is 53.2 Å². The number of fused-ring (bicyclic) bond motifs is 6. The molecule has 2 heterocycles. The number of aromatic nitrogens is 1. The summed E-state index contributed by atoms with van der Waals surface area (Å²) in [6, 6.07) is 22.1. The highest BCUT2D eigenvalue weighted by atomic mass is 16.2. The molecule has 174 valence electrons. The number of nitrogens with one attached hydrogen (secondary N) is 1. The van der Waals surface area contributed by atoms with E-state index in [1.165, 1.54) is 22.6 Å². The number of rotatable bonds is 4. The first kappa shape index (κ1) is 21.4. The second kappa shape index (κ2) is 8.26. The van der Waals surface area contributed by atoms with Crippen LogP contribution in [-0.2, 0) is 16.0 Å². The lowest BCUT2D eigenvalue weighted by Crippen LogP contribution is -2.40. The van der Waals surface area contributed by atoms with E-state index in [1.54, 1.807) is 0 Å². The van der Waals surface area contributed by atoms with Gasteiger partial charge in [0, 0.05) is 23.7 Å². The van der Waals surface area contributed by atoms with Gasteiger partial charge in [0.2, 0.25) is 11.8 Å². The number of hydrogen-bond donors (Lipinski definition) is 1. The Balaban J connectivity index is 1.44. The van der Waals surface area contributed by atoms with Gasteiger partial charge in [-0.1, -0.05) is 62.4 Å². The van der Waals surface area contributed by atoms with Crippen molar-refractivity contribution in [2.24, 2.45) is 23.7 Å². The standard InChI is InChI=1S/C30H32N2O2/c1-18(2)20-13-14-23-24(16-20)26-27(30(34)32(29(26)33)22-11-7-4-8-12-22)25-17-21(31-28(23)25)15-19-9-5-3-6-10-19/h3-12,17-18,20,23-24,26-27,31H,13-16H2,1-2H3/t20?,23-,24-,26-,27+/m0/s1. The first-order valence-electron chi connectivity index (χ1n) is 12.7. The molecule has 1 N–H and O–H groups in total. The van der Waals surface area contributed by atoms with Crippen molar-refractivity contribution in [2.45, 2.75) is 51.4 Å². The molecule has 0 radical (unpaired) electrons. The molecule has 2 amide bonds. The molecule has 2 fully saturated rings. The third-order valence-corrected chi connectivity index (χ3v) is 8.59. The summed E-state index contributed by atoms with van der Waals surface area (Å²) < 4.78 is 0. The van der Waals surface area contributed by atoms with Gasteiger partial charge in [-0.3, -0.25) is 9.59 Å².